The molecular weight excluding hydrogens is 184 g/mol. The van der Waals surface area contributed by atoms with E-state index in [0.29, 0.717) is 19.3 Å². The van der Waals surface area contributed by atoms with Gasteiger partial charge in [-0.05, 0) is 33.2 Å². The molecule has 14 heavy (non-hydrogen) atoms. The topological polar surface area (TPSA) is 92.4 Å². The summed E-state index contributed by atoms with van der Waals surface area (Å²) in [7, 11) is 1.71. The quantitative estimate of drug-likeness (QED) is 0.529. The maximum absolute atomic E-state index is 11.0. The van der Waals surface area contributed by atoms with E-state index in [-0.39, 0.29) is 11.8 Å². The Morgan fingerprint density at radius 3 is 2.36 bits per heavy atom. The summed E-state index contributed by atoms with van der Waals surface area (Å²) in [5, 5.41) is 11.4. The first-order chi connectivity index (χ1) is 6.49. The molecule has 0 saturated heterocycles. The van der Waals surface area contributed by atoms with Crippen LogP contribution < -0.4 is 11.1 Å². The summed E-state index contributed by atoms with van der Waals surface area (Å²) in [6, 6.07) is -1.00. The number of carboxylic acid groups (broad SMARTS) is 1. The van der Waals surface area contributed by atoms with Crippen LogP contribution in [0.1, 0.15) is 26.2 Å². The first-order valence-corrected chi connectivity index (χ1v) is 4.65. The van der Waals surface area contributed by atoms with Crippen LogP contribution in [0.3, 0.4) is 0 Å². The van der Waals surface area contributed by atoms with E-state index >= 15 is 0 Å². The van der Waals surface area contributed by atoms with Gasteiger partial charge in [-0.2, -0.15) is 0 Å². The zero-order valence-corrected chi connectivity index (χ0v) is 8.62. The van der Waals surface area contributed by atoms with Gasteiger partial charge in [0.2, 0.25) is 0 Å². The Morgan fingerprint density at radius 2 is 2.00 bits per heavy atom. The van der Waals surface area contributed by atoms with Crippen LogP contribution in [-0.4, -0.2) is 36.0 Å². The van der Waals surface area contributed by atoms with Gasteiger partial charge in [0, 0.05) is 0 Å². The molecule has 0 rings (SSSR count). The molecule has 0 aliphatic rings. The monoisotopic (exact) mass is 202 g/mol. The number of aliphatic carboxylic acids is 1. The highest BCUT2D eigenvalue weighted by molar-refractivity contribution is 5.81. The first-order valence-electron chi connectivity index (χ1n) is 4.65. The Morgan fingerprint density at radius 1 is 1.43 bits per heavy atom. The first kappa shape index (κ1) is 13.1. The van der Waals surface area contributed by atoms with Crippen molar-refractivity contribution in [2.75, 3.05) is 7.05 Å². The number of carbonyl (C=O) groups is 2. The van der Waals surface area contributed by atoms with Crippen molar-refractivity contribution in [1.29, 1.82) is 0 Å². The summed E-state index contributed by atoms with van der Waals surface area (Å²) >= 11 is 0. The lowest BCUT2D eigenvalue weighted by Gasteiger charge is -2.13. The molecule has 0 radical (unpaired) electrons. The summed E-state index contributed by atoms with van der Waals surface area (Å²) in [5.74, 6) is -0.926. The van der Waals surface area contributed by atoms with E-state index in [1.165, 1.54) is 6.92 Å². The highest BCUT2D eigenvalue weighted by Crippen LogP contribution is 2.04. The normalized spacial score (nSPS) is 14.8. The molecule has 0 aromatic heterocycles. The minimum absolute atomic E-state index is 0.0661. The summed E-state index contributed by atoms with van der Waals surface area (Å²) in [6.07, 6.45) is 1.67. The summed E-state index contributed by atoms with van der Waals surface area (Å²) in [4.78, 5) is 21.3. The van der Waals surface area contributed by atoms with Crippen LogP contribution in [0, 0.1) is 0 Å². The minimum atomic E-state index is -0.992. The van der Waals surface area contributed by atoms with Crippen LogP contribution in [0.2, 0.25) is 0 Å². The average Bonchev–Trinajstić information content (AvgIpc) is 2.11. The molecule has 4 N–H and O–H groups in total. The molecule has 0 spiro atoms. The Hall–Kier alpha value is -0.940. The molecule has 2 atom stereocenters. The highest BCUT2D eigenvalue weighted by Gasteiger charge is 2.14. The third-order valence-electron chi connectivity index (χ3n) is 2.16. The predicted molar refractivity (Wildman–Crippen MR) is 53.0 cm³/mol. The van der Waals surface area contributed by atoms with Crippen molar-refractivity contribution in [3.05, 3.63) is 0 Å². The van der Waals surface area contributed by atoms with Gasteiger partial charge in [-0.15, -0.1) is 0 Å². The van der Waals surface area contributed by atoms with Crippen LogP contribution in [0.5, 0.6) is 0 Å². The standard InChI is InChI=1S/C9H18N2O3/c1-6(12)8(11-2)5-3-4-7(10)9(13)14/h7-8,11H,3-5,10H2,1-2H3,(H,13,14)/t7?,8-/m0/s1. The van der Waals surface area contributed by atoms with Crippen LogP contribution in [0.4, 0.5) is 0 Å². The predicted octanol–water partition coefficient (Wildman–Crippen LogP) is -0.254. The lowest BCUT2D eigenvalue weighted by Crippen LogP contribution is -2.34. The summed E-state index contributed by atoms with van der Waals surface area (Å²) < 4.78 is 0. The number of carbonyl (C=O) groups excluding carboxylic acids is 1. The van der Waals surface area contributed by atoms with E-state index in [9.17, 15) is 9.59 Å². The molecule has 0 aromatic carbocycles. The molecule has 0 aromatic rings. The van der Waals surface area contributed by atoms with Crippen LogP contribution in [0.25, 0.3) is 0 Å². The molecule has 0 aliphatic carbocycles. The van der Waals surface area contributed by atoms with Crippen molar-refractivity contribution in [2.24, 2.45) is 5.73 Å². The Bertz CT molecular complexity index is 206. The van der Waals surface area contributed by atoms with Gasteiger partial charge in [0.1, 0.15) is 11.8 Å². The fourth-order valence-electron chi connectivity index (χ4n) is 1.22. The van der Waals surface area contributed by atoms with Gasteiger partial charge < -0.3 is 16.2 Å². The highest BCUT2D eigenvalue weighted by atomic mass is 16.4. The number of hydrogen-bond donors (Lipinski definition) is 3. The Balaban J connectivity index is 3.71. The lowest BCUT2D eigenvalue weighted by molar-refractivity contribution is -0.138. The fraction of sp³-hybridized carbons (Fsp3) is 0.778. The second kappa shape index (κ2) is 6.50. The van der Waals surface area contributed by atoms with Crippen molar-refractivity contribution >= 4 is 11.8 Å². The van der Waals surface area contributed by atoms with E-state index < -0.39 is 12.0 Å². The van der Waals surface area contributed by atoms with Crippen molar-refractivity contribution in [2.45, 2.75) is 38.3 Å². The molecule has 0 fully saturated rings. The third kappa shape index (κ3) is 4.94. The number of ketones is 1. The van der Waals surface area contributed by atoms with E-state index in [2.05, 4.69) is 5.32 Å². The van der Waals surface area contributed by atoms with Gasteiger partial charge >= 0.3 is 5.97 Å². The number of carboxylic acids is 1. The molecule has 0 aliphatic heterocycles. The number of rotatable bonds is 7. The fourth-order valence-corrected chi connectivity index (χ4v) is 1.22. The molecule has 0 saturated carbocycles. The molecule has 0 heterocycles. The number of likely N-dealkylation sites (N-methyl/N-ethyl adjacent to an activating group) is 1. The van der Waals surface area contributed by atoms with Gasteiger partial charge in [-0.25, -0.2) is 0 Å². The molecule has 5 nitrogen and oxygen atoms in total. The van der Waals surface area contributed by atoms with Crippen LogP contribution in [-0.2, 0) is 9.59 Å². The van der Waals surface area contributed by atoms with Gasteiger partial charge in [0.25, 0.3) is 0 Å². The van der Waals surface area contributed by atoms with E-state index in [1.807, 2.05) is 0 Å². The van der Waals surface area contributed by atoms with Gasteiger partial charge in [-0.1, -0.05) is 0 Å². The summed E-state index contributed by atoms with van der Waals surface area (Å²) in [5.41, 5.74) is 5.32. The average molecular weight is 202 g/mol. The SMILES string of the molecule is CN[C@@H](CCCC(N)C(=O)O)C(C)=O. The smallest absolute Gasteiger partial charge is 0.320 e. The van der Waals surface area contributed by atoms with Gasteiger partial charge in [0.05, 0.1) is 6.04 Å². The van der Waals surface area contributed by atoms with Gasteiger partial charge in [-0.3, -0.25) is 9.59 Å². The zero-order valence-electron chi connectivity index (χ0n) is 8.62. The third-order valence-corrected chi connectivity index (χ3v) is 2.16. The lowest BCUT2D eigenvalue weighted by atomic mass is 10.0. The maximum atomic E-state index is 11.0. The molecule has 5 heteroatoms. The number of hydrogen-bond acceptors (Lipinski definition) is 4. The minimum Gasteiger partial charge on any atom is -0.480 e. The summed E-state index contributed by atoms with van der Waals surface area (Å²) in [6.45, 7) is 1.51. The second-order valence-corrected chi connectivity index (χ2v) is 3.33. The Kier molecular flexibility index (Phi) is 6.07. The van der Waals surface area contributed by atoms with Crippen molar-refractivity contribution < 1.29 is 14.7 Å². The van der Waals surface area contributed by atoms with E-state index in [0.717, 1.165) is 0 Å². The van der Waals surface area contributed by atoms with E-state index in [1.54, 1.807) is 7.05 Å². The maximum Gasteiger partial charge on any atom is 0.320 e. The van der Waals surface area contributed by atoms with Crippen molar-refractivity contribution in [1.82, 2.24) is 5.32 Å². The molecule has 82 valence electrons. The Labute approximate surface area is 83.7 Å². The molecule has 0 amide bonds. The number of nitrogens with two attached hydrogens (primary N) is 1. The molecule has 1 unspecified atom stereocenters. The molecule has 0 bridgehead atoms. The van der Waals surface area contributed by atoms with Gasteiger partial charge in [0.15, 0.2) is 0 Å². The number of Topliss-reactive ketones (excluding diaryl/α,β-unsaturated/α-hetero) is 1. The van der Waals surface area contributed by atoms with Crippen molar-refractivity contribution in [3.63, 3.8) is 0 Å². The molecular formula is C9H18N2O3. The van der Waals surface area contributed by atoms with Crippen LogP contribution in [0.15, 0.2) is 0 Å². The second-order valence-electron chi connectivity index (χ2n) is 3.33. The van der Waals surface area contributed by atoms with Crippen LogP contribution >= 0.6 is 0 Å². The zero-order chi connectivity index (χ0) is 11.1. The van der Waals surface area contributed by atoms with Crippen molar-refractivity contribution in [3.8, 4) is 0 Å². The van der Waals surface area contributed by atoms with E-state index in [4.69, 9.17) is 10.8 Å². The largest absolute Gasteiger partial charge is 0.480 e. The number of nitrogens with one attached hydrogen (secondary N) is 1.